The second kappa shape index (κ2) is 12.2. The highest BCUT2D eigenvalue weighted by atomic mass is 16.3. The SMILES string of the molecule is c1ccc(-c2ccccc2N(c2cccc(-c3cccc4c5ccc6oc7ccccc7c6c5c5ccccc5c34)c2)c2ccc3ccccc3c2)cc1. The number of hydrogen-bond donors (Lipinski definition) is 0. The maximum absolute atomic E-state index is 6.38. The molecule has 2 nitrogen and oxygen atoms in total. The molecule has 0 saturated carbocycles. The third-order valence-electron chi connectivity index (χ3n) is 11.0. The summed E-state index contributed by atoms with van der Waals surface area (Å²) < 4.78 is 6.38. The Morgan fingerprint density at radius 3 is 1.80 bits per heavy atom. The van der Waals surface area contributed by atoms with Crippen LogP contribution in [0.2, 0.25) is 0 Å². The molecule has 2 heteroatoms. The number of furan rings is 1. The van der Waals surface area contributed by atoms with Crippen LogP contribution in [-0.2, 0) is 0 Å². The van der Waals surface area contributed by atoms with Crippen molar-refractivity contribution >= 4 is 82.1 Å². The first-order valence-corrected chi connectivity index (χ1v) is 18.5. The molecule has 0 aliphatic rings. The van der Waals surface area contributed by atoms with E-state index in [1.54, 1.807) is 0 Å². The largest absolute Gasteiger partial charge is 0.456 e. The van der Waals surface area contributed by atoms with Crippen LogP contribution in [0.25, 0.3) is 87.3 Å². The molecule has 11 aromatic rings. The molecule has 0 aliphatic heterocycles. The molecule has 0 aliphatic carbocycles. The molecule has 10 aromatic carbocycles. The van der Waals surface area contributed by atoms with Gasteiger partial charge in [-0.15, -0.1) is 0 Å². The predicted octanol–water partition coefficient (Wildman–Crippen LogP) is 15.0. The van der Waals surface area contributed by atoms with Crippen LogP contribution in [-0.4, -0.2) is 0 Å². The van der Waals surface area contributed by atoms with Crippen molar-refractivity contribution in [3.63, 3.8) is 0 Å². The van der Waals surface area contributed by atoms with E-state index in [1.165, 1.54) is 70.7 Å². The molecule has 11 rings (SSSR count). The fourth-order valence-corrected chi connectivity index (χ4v) is 8.63. The number of benzene rings is 10. The molecule has 0 saturated heterocycles. The number of hydrogen-bond acceptors (Lipinski definition) is 2. The van der Waals surface area contributed by atoms with E-state index in [2.05, 4.69) is 199 Å². The van der Waals surface area contributed by atoms with Crippen molar-refractivity contribution in [2.24, 2.45) is 0 Å². The van der Waals surface area contributed by atoms with Crippen LogP contribution < -0.4 is 4.90 Å². The molecule has 0 radical (unpaired) electrons. The van der Waals surface area contributed by atoms with E-state index in [4.69, 9.17) is 4.42 Å². The molecule has 252 valence electrons. The van der Waals surface area contributed by atoms with Gasteiger partial charge in [0.15, 0.2) is 0 Å². The maximum atomic E-state index is 6.38. The Morgan fingerprint density at radius 1 is 0.315 bits per heavy atom. The Hall–Kier alpha value is -7.16. The van der Waals surface area contributed by atoms with Gasteiger partial charge in [-0.2, -0.15) is 0 Å². The predicted molar refractivity (Wildman–Crippen MR) is 229 cm³/mol. The lowest BCUT2D eigenvalue weighted by molar-refractivity contribution is 0.669. The molecule has 0 spiro atoms. The summed E-state index contributed by atoms with van der Waals surface area (Å²) in [7, 11) is 0. The van der Waals surface area contributed by atoms with Gasteiger partial charge in [-0.05, 0) is 103 Å². The normalized spacial score (nSPS) is 11.7. The molecular formula is C52H33NO. The standard InChI is InChI=1S/C52H33NO/c1-2-15-35(16-3-1)40-20-8-10-26-47(40)53(39-29-28-34-14-4-5-17-36(34)32-39)38-19-12-18-37(33-38)41-24-13-25-43-45-30-31-49-52(46-23-9-11-27-48(46)54-49)51(45)44-22-7-6-21-42(44)50(41)43/h1-33H. The number of fused-ring (bicyclic) bond motifs is 11. The van der Waals surface area contributed by atoms with Gasteiger partial charge in [-0.1, -0.05) is 152 Å². The third-order valence-corrected chi connectivity index (χ3v) is 11.0. The number of anilines is 3. The van der Waals surface area contributed by atoms with E-state index in [-0.39, 0.29) is 0 Å². The Bertz CT molecular complexity index is 3200. The van der Waals surface area contributed by atoms with Gasteiger partial charge in [-0.3, -0.25) is 0 Å². The van der Waals surface area contributed by atoms with Crippen molar-refractivity contribution in [3.05, 3.63) is 200 Å². The fraction of sp³-hybridized carbons (Fsp3) is 0. The minimum Gasteiger partial charge on any atom is -0.456 e. The Labute approximate surface area is 312 Å². The van der Waals surface area contributed by atoms with Crippen molar-refractivity contribution < 1.29 is 4.42 Å². The van der Waals surface area contributed by atoms with Crippen LogP contribution in [0.15, 0.2) is 205 Å². The first-order chi connectivity index (χ1) is 26.8. The molecule has 0 bridgehead atoms. The number of rotatable bonds is 5. The van der Waals surface area contributed by atoms with Crippen LogP contribution in [0.5, 0.6) is 0 Å². The van der Waals surface area contributed by atoms with Gasteiger partial charge in [0.2, 0.25) is 0 Å². The topological polar surface area (TPSA) is 16.4 Å². The zero-order valence-electron chi connectivity index (χ0n) is 29.4. The first kappa shape index (κ1) is 30.5. The summed E-state index contributed by atoms with van der Waals surface area (Å²) in [6.45, 7) is 0. The Kier molecular flexibility index (Phi) is 6.90. The molecule has 54 heavy (non-hydrogen) atoms. The van der Waals surface area contributed by atoms with Crippen LogP contribution in [0.4, 0.5) is 17.1 Å². The summed E-state index contributed by atoms with van der Waals surface area (Å²) in [5, 5.41) is 12.2. The summed E-state index contributed by atoms with van der Waals surface area (Å²) >= 11 is 0. The van der Waals surface area contributed by atoms with E-state index < -0.39 is 0 Å². The van der Waals surface area contributed by atoms with E-state index in [1.807, 2.05) is 6.07 Å². The lowest BCUT2D eigenvalue weighted by Crippen LogP contribution is -2.11. The minimum atomic E-state index is 0.916. The van der Waals surface area contributed by atoms with Gasteiger partial charge in [0, 0.05) is 33.1 Å². The second-order valence-electron chi connectivity index (χ2n) is 14.0. The van der Waals surface area contributed by atoms with Gasteiger partial charge in [-0.25, -0.2) is 0 Å². The van der Waals surface area contributed by atoms with Crippen LogP contribution in [0, 0.1) is 0 Å². The molecule has 0 atom stereocenters. The summed E-state index contributed by atoms with van der Waals surface area (Å²) in [5.74, 6) is 0. The first-order valence-electron chi connectivity index (χ1n) is 18.5. The zero-order chi connectivity index (χ0) is 35.6. The zero-order valence-corrected chi connectivity index (χ0v) is 29.4. The van der Waals surface area contributed by atoms with Crippen molar-refractivity contribution in [2.75, 3.05) is 4.90 Å². The van der Waals surface area contributed by atoms with Gasteiger partial charge in [0.1, 0.15) is 11.2 Å². The summed E-state index contributed by atoms with van der Waals surface area (Å²) in [5.41, 5.74) is 9.90. The van der Waals surface area contributed by atoms with Crippen molar-refractivity contribution in [1.29, 1.82) is 0 Å². The average Bonchev–Trinajstić information content (AvgIpc) is 3.63. The smallest absolute Gasteiger partial charge is 0.136 e. The molecule has 0 N–H and O–H groups in total. The summed E-state index contributed by atoms with van der Waals surface area (Å²) in [6, 6.07) is 72.3. The van der Waals surface area contributed by atoms with E-state index >= 15 is 0 Å². The molecule has 0 unspecified atom stereocenters. The van der Waals surface area contributed by atoms with E-state index in [0.29, 0.717) is 0 Å². The lowest BCUT2D eigenvalue weighted by atomic mass is 9.88. The Balaban J connectivity index is 1.17. The third kappa shape index (κ3) is 4.74. The van der Waals surface area contributed by atoms with Crippen molar-refractivity contribution in [2.45, 2.75) is 0 Å². The second-order valence-corrected chi connectivity index (χ2v) is 14.0. The lowest BCUT2D eigenvalue weighted by Gasteiger charge is -2.28. The maximum Gasteiger partial charge on any atom is 0.136 e. The van der Waals surface area contributed by atoms with E-state index in [9.17, 15) is 0 Å². The Morgan fingerprint density at radius 2 is 0.926 bits per heavy atom. The van der Waals surface area contributed by atoms with Gasteiger partial charge < -0.3 is 9.32 Å². The molecule has 0 amide bonds. The highest BCUT2D eigenvalue weighted by Gasteiger charge is 2.21. The molecule has 0 fully saturated rings. The van der Waals surface area contributed by atoms with Crippen molar-refractivity contribution in [1.82, 2.24) is 0 Å². The molecular weight excluding hydrogens is 655 g/mol. The number of nitrogens with zero attached hydrogens (tertiary/aromatic N) is 1. The molecule has 1 heterocycles. The quantitative estimate of drug-likeness (QED) is 0.168. The fourth-order valence-electron chi connectivity index (χ4n) is 8.63. The van der Waals surface area contributed by atoms with Gasteiger partial charge in [0.05, 0.1) is 5.69 Å². The van der Waals surface area contributed by atoms with Crippen molar-refractivity contribution in [3.8, 4) is 22.3 Å². The highest BCUT2D eigenvalue weighted by molar-refractivity contribution is 6.36. The molecule has 1 aromatic heterocycles. The highest BCUT2D eigenvalue weighted by Crippen LogP contribution is 2.47. The average molecular weight is 688 g/mol. The van der Waals surface area contributed by atoms with Crippen LogP contribution in [0.1, 0.15) is 0 Å². The van der Waals surface area contributed by atoms with E-state index in [0.717, 1.165) is 33.6 Å². The van der Waals surface area contributed by atoms with Crippen LogP contribution >= 0.6 is 0 Å². The monoisotopic (exact) mass is 687 g/mol. The van der Waals surface area contributed by atoms with Gasteiger partial charge in [0.25, 0.3) is 0 Å². The van der Waals surface area contributed by atoms with Crippen LogP contribution in [0.3, 0.4) is 0 Å². The number of para-hydroxylation sites is 2. The summed E-state index contributed by atoms with van der Waals surface area (Å²) in [4.78, 5) is 2.41. The van der Waals surface area contributed by atoms with Gasteiger partial charge >= 0.3 is 0 Å². The minimum absolute atomic E-state index is 0.916. The summed E-state index contributed by atoms with van der Waals surface area (Å²) in [6.07, 6.45) is 0.